The van der Waals surface area contributed by atoms with Gasteiger partial charge in [-0.15, -0.1) is 18.3 Å². The van der Waals surface area contributed by atoms with Gasteiger partial charge >= 0.3 is 0 Å². The van der Waals surface area contributed by atoms with E-state index in [1.165, 1.54) is 5.56 Å². The van der Waals surface area contributed by atoms with Gasteiger partial charge in [0.15, 0.2) is 0 Å². The van der Waals surface area contributed by atoms with Crippen LogP contribution in [-0.2, 0) is 5.75 Å². The van der Waals surface area contributed by atoms with Crippen LogP contribution >= 0.6 is 11.8 Å². The van der Waals surface area contributed by atoms with E-state index in [1.54, 1.807) is 11.8 Å². The molecule has 4 nitrogen and oxygen atoms in total. The van der Waals surface area contributed by atoms with Crippen molar-refractivity contribution in [2.75, 3.05) is 25.0 Å². The molecule has 1 N–H and O–H groups in total. The van der Waals surface area contributed by atoms with Crippen LogP contribution in [0.5, 0.6) is 0 Å². The Kier molecular flexibility index (Phi) is 6.26. The van der Waals surface area contributed by atoms with E-state index < -0.39 is 0 Å². The third kappa shape index (κ3) is 5.08. The number of nitrogens with one attached hydrogen (secondary N) is 1. The second kappa shape index (κ2) is 8.85. The Morgan fingerprint density at radius 1 is 1.21 bits per heavy atom. The molecule has 1 aliphatic rings. The van der Waals surface area contributed by atoms with E-state index in [4.69, 9.17) is 4.98 Å². The highest BCUT2D eigenvalue weighted by Crippen LogP contribution is 2.22. The maximum Gasteiger partial charge on any atom is 0.146 e. The van der Waals surface area contributed by atoms with Crippen LogP contribution in [0.1, 0.15) is 18.4 Å². The van der Waals surface area contributed by atoms with Crippen LogP contribution in [0.2, 0.25) is 0 Å². The Morgan fingerprint density at radius 2 is 2.00 bits per heavy atom. The van der Waals surface area contributed by atoms with Gasteiger partial charge in [-0.05, 0) is 18.4 Å². The molecular weight excluding hydrogens is 316 g/mol. The standard InChI is InChI=1S/C19H24N4S/c1-2-10-23-11-8-17(9-12-23)21-18-13-20-14-19(22-18)24-15-16-6-4-3-5-7-16/h2-7,13-14,17H,1,8-12,15H2,(H,21,22). The first-order valence-electron chi connectivity index (χ1n) is 8.42. The maximum absolute atomic E-state index is 4.70. The molecule has 2 heterocycles. The molecular formula is C19H24N4S. The monoisotopic (exact) mass is 340 g/mol. The molecule has 126 valence electrons. The molecule has 0 amide bonds. The van der Waals surface area contributed by atoms with Gasteiger partial charge in [-0.1, -0.05) is 36.4 Å². The lowest BCUT2D eigenvalue weighted by Crippen LogP contribution is -2.39. The minimum absolute atomic E-state index is 0.481. The summed E-state index contributed by atoms with van der Waals surface area (Å²) in [5, 5.41) is 4.51. The fourth-order valence-corrected chi connectivity index (χ4v) is 3.68. The molecule has 0 aliphatic carbocycles. The van der Waals surface area contributed by atoms with Crippen molar-refractivity contribution in [3.8, 4) is 0 Å². The third-order valence-electron chi connectivity index (χ3n) is 4.17. The highest BCUT2D eigenvalue weighted by atomic mass is 32.2. The van der Waals surface area contributed by atoms with Crippen molar-refractivity contribution in [2.45, 2.75) is 29.7 Å². The summed E-state index contributed by atoms with van der Waals surface area (Å²) in [5.41, 5.74) is 1.30. The van der Waals surface area contributed by atoms with Crippen LogP contribution in [-0.4, -0.2) is 40.5 Å². The molecule has 24 heavy (non-hydrogen) atoms. The SMILES string of the molecule is C=CCN1CCC(Nc2cncc(SCc3ccccc3)n2)CC1. The summed E-state index contributed by atoms with van der Waals surface area (Å²) in [4.78, 5) is 11.5. The van der Waals surface area contributed by atoms with Gasteiger partial charge in [-0.25, -0.2) is 4.98 Å². The van der Waals surface area contributed by atoms with Crippen LogP contribution in [0.4, 0.5) is 5.82 Å². The quantitative estimate of drug-likeness (QED) is 0.613. The lowest BCUT2D eigenvalue weighted by atomic mass is 10.1. The highest BCUT2D eigenvalue weighted by Gasteiger charge is 2.18. The summed E-state index contributed by atoms with van der Waals surface area (Å²) < 4.78 is 0. The van der Waals surface area contributed by atoms with E-state index >= 15 is 0 Å². The van der Waals surface area contributed by atoms with Gasteiger partial charge in [0.05, 0.1) is 12.4 Å². The van der Waals surface area contributed by atoms with E-state index in [0.717, 1.165) is 49.1 Å². The Labute approximate surface area is 148 Å². The maximum atomic E-state index is 4.70. The number of likely N-dealkylation sites (tertiary alicyclic amines) is 1. The van der Waals surface area contributed by atoms with Crippen molar-refractivity contribution in [2.24, 2.45) is 0 Å². The normalized spacial score (nSPS) is 16.0. The Balaban J connectivity index is 1.51. The summed E-state index contributed by atoms with van der Waals surface area (Å²) >= 11 is 1.72. The van der Waals surface area contributed by atoms with E-state index in [9.17, 15) is 0 Å². The minimum atomic E-state index is 0.481. The Hall–Kier alpha value is -1.85. The summed E-state index contributed by atoms with van der Waals surface area (Å²) in [6.45, 7) is 7.02. The fourth-order valence-electron chi connectivity index (χ4n) is 2.87. The van der Waals surface area contributed by atoms with E-state index in [1.807, 2.05) is 24.5 Å². The molecule has 1 fully saturated rings. The first kappa shape index (κ1) is 17.0. The van der Waals surface area contributed by atoms with Crippen molar-refractivity contribution in [3.63, 3.8) is 0 Å². The zero-order chi connectivity index (χ0) is 16.6. The van der Waals surface area contributed by atoms with Crippen LogP contribution in [0, 0.1) is 0 Å². The molecule has 1 aromatic heterocycles. The molecule has 3 rings (SSSR count). The molecule has 0 radical (unpaired) electrons. The zero-order valence-corrected chi connectivity index (χ0v) is 14.7. The third-order valence-corrected chi connectivity index (χ3v) is 5.14. The van der Waals surface area contributed by atoms with Gasteiger partial charge in [0, 0.05) is 31.4 Å². The van der Waals surface area contributed by atoms with Crippen LogP contribution in [0.25, 0.3) is 0 Å². The van der Waals surface area contributed by atoms with Gasteiger partial charge < -0.3 is 5.32 Å². The predicted octanol–water partition coefficient (Wildman–Crippen LogP) is 3.83. The van der Waals surface area contributed by atoms with E-state index in [0.29, 0.717) is 6.04 Å². The first-order valence-corrected chi connectivity index (χ1v) is 9.40. The van der Waals surface area contributed by atoms with Crippen LogP contribution in [0.15, 0.2) is 60.4 Å². The van der Waals surface area contributed by atoms with Gasteiger partial charge in [-0.2, -0.15) is 0 Å². The molecule has 0 atom stereocenters. The van der Waals surface area contributed by atoms with Gasteiger partial charge in [0.1, 0.15) is 10.8 Å². The lowest BCUT2D eigenvalue weighted by Gasteiger charge is -2.31. The second-order valence-corrected chi connectivity index (χ2v) is 7.02. The average molecular weight is 340 g/mol. The molecule has 1 saturated heterocycles. The summed E-state index contributed by atoms with van der Waals surface area (Å²) in [6, 6.07) is 10.9. The zero-order valence-electron chi connectivity index (χ0n) is 13.9. The van der Waals surface area contributed by atoms with Crippen molar-refractivity contribution in [1.82, 2.24) is 14.9 Å². The number of anilines is 1. The minimum Gasteiger partial charge on any atom is -0.366 e. The topological polar surface area (TPSA) is 41.0 Å². The highest BCUT2D eigenvalue weighted by molar-refractivity contribution is 7.98. The molecule has 2 aromatic rings. The number of thioether (sulfide) groups is 1. The van der Waals surface area contributed by atoms with Crippen LogP contribution < -0.4 is 5.32 Å². The number of aromatic nitrogens is 2. The molecule has 1 aliphatic heterocycles. The molecule has 0 spiro atoms. The Morgan fingerprint density at radius 3 is 2.75 bits per heavy atom. The van der Waals surface area contributed by atoms with Crippen molar-refractivity contribution in [1.29, 1.82) is 0 Å². The summed E-state index contributed by atoms with van der Waals surface area (Å²) in [7, 11) is 0. The van der Waals surface area contributed by atoms with Crippen LogP contribution in [0.3, 0.4) is 0 Å². The van der Waals surface area contributed by atoms with Crippen molar-refractivity contribution < 1.29 is 0 Å². The summed E-state index contributed by atoms with van der Waals surface area (Å²) in [6.07, 6.45) is 7.91. The van der Waals surface area contributed by atoms with Gasteiger partial charge in [0.2, 0.25) is 0 Å². The molecule has 1 aromatic carbocycles. The number of benzene rings is 1. The predicted molar refractivity (Wildman–Crippen MR) is 101 cm³/mol. The number of hydrogen-bond acceptors (Lipinski definition) is 5. The van der Waals surface area contributed by atoms with E-state index in [2.05, 4.69) is 46.0 Å². The molecule has 0 bridgehead atoms. The number of piperidine rings is 1. The fraction of sp³-hybridized carbons (Fsp3) is 0.368. The number of nitrogens with zero attached hydrogens (tertiary/aromatic N) is 3. The summed E-state index contributed by atoms with van der Waals surface area (Å²) in [5.74, 6) is 1.80. The molecule has 0 saturated carbocycles. The molecule has 5 heteroatoms. The number of rotatable bonds is 7. The lowest BCUT2D eigenvalue weighted by molar-refractivity contribution is 0.240. The largest absolute Gasteiger partial charge is 0.366 e. The average Bonchev–Trinajstić information content (AvgIpc) is 2.63. The smallest absolute Gasteiger partial charge is 0.146 e. The van der Waals surface area contributed by atoms with E-state index in [-0.39, 0.29) is 0 Å². The Bertz CT molecular complexity index is 639. The second-order valence-electron chi connectivity index (χ2n) is 6.02. The molecule has 0 unspecified atom stereocenters. The van der Waals surface area contributed by atoms with Gasteiger partial charge in [-0.3, -0.25) is 9.88 Å². The number of hydrogen-bond donors (Lipinski definition) is 1. The van der Waals surface area contributed by atoms with Gasteiger partial charge in [0.25, 0.3) is 0 Å². The first-order chi connectivity index (χ1) is 11.8. The van der Waals surface area contributed by atoms with Crippen molar-refractivity contribution >= 4 is 17.6 Å². The van der Waals surface area contributed by atoms with Crippen molar-refractivity contribution in [3.05, 3.63) is 60.9 Å².